The van der Waals surface area contributed by atoms with Crippen molar-refractivity contribution in [1.29, 1.82) is 0 Å². The maximum atomic E-state index is 12.8. The minimum Gasteiger partial charge on any atom is -0.326 e. The molecule has 3 amide bonds. The standard InChI is InChI=1S/C25H25N3O3/c1-16(2)24(30)26-19-10-12-20(13-11-19)27-25(31)18-14-23(29)28(15-18)22-9-5-7-17-6-3-4-8-21(17)22/h3-13,16,18H,14-15H2,1-2H3,(H,26,30)(H,27,31)/t18-/m0/s1. The van der Waals surface area contributed by atoms with Crippen LogP contribution in [0.3, 0.4) is 0 Å². The van der Waals surface area contributed by atoms with Crippen molar-refractivity contribution in [3.63, 3.8) is 0 Å². The van der Waals surface area contributed by atoms with Crippen molar-refractivity contribution < 1.29 is 14.4 Å². The van der Waals surface area contributed by atoms with E-state index < -0.39 is 5.92 Å². The molecule has 0 aromatic heterocycles. The normalized spacial score (nSPS) is 16.0. The van der Waals surface area contributed by atoms with E-state index in [4.69, 9.17) is 0 Å². The molecule has 2 N–H and O–H groups in total. The lowest BCUT2D eigenvalue weighted by molar-refractivity contribution is -0.122. The molecule has 4 rings (SSSR count). The Morgan fingerprint density at radius 1 is 0.903 bits per heavy atom. The topological polar surface area (TPSA) is 78.5 Å². The predicted octanol–water partition coefficient (Wildman–Crippen LogP) is 4.43. The molecule has 1 aliphatic heterocycles. The molecule has 158 valence electrons. The fourth-order valence-corrected chi connectivity index (χ4v) is 3.73. The molecule has 6 nitrogen and oxygen atoms in total. The van der Waals surface area contributed by atoms with Gasteiger partial charge in [-0.2, -0.15) is 0 Å². The van der Waals surface area contributed by atoms with E-state index in [1.165, 1.54) is 0 Å². The van der Waals surface area contributed by atoms with Crippen molar-refractivity contribution in [2.75, 3.05) is 22.1 Å². The predicted molar refractivity (Wildman–Crippen MR) is 123 cm³/mol. The average Bonchev–Trinajstić information content (AvgIpc) is 3.16. The summed E-state index contributed by atoms with van der Waals surface area (Å²) in [7, 11) is 0. The van der Waals surface area contributed by atoms with Gasteiger partial charge < -0.3 is 15.5 Å². The molecular weight excluding hydrogens is 390 g/mol. The number of hydrogen-bond donors (Lipinski definition) is 2. The first-order valence-electron chi connectivity index (χ1n) is 10.4. The van der Waals surface area contributed by atoms with Crippen molar-refractivity contribution in [1.82, 2.24) is 0 Å². The molecule has 1 fully saturated rings. The highest BCUT2D eigenvalue weighted by atomic mass is 16.2. The van der Waals surface area contributed by atoms with Gasteiger partial charge in [-0.1, -0.05) is 50.2 Å². The molecule has 1 saturated heterocycles. The third kappa shape index (κ3) is 4.43. The lowest BCUT2D eigenvalue weighted by atomic mass is 10.1. The zero-order valence-electron chi connectivity index (χ0n) is 17.6. The highest BCUT2D eigenvalue weighted by Crippen LogP contribution is 2.32. The van der Waals surface area contributed by atoms with Gasteiger partial charge in [-0.05, 0) is 35.7 Å². The van der Waals surface area contributed by atoms with Crippen LogP contribution in [0.25, 0.3) is 10.8 Å². The average molecular weight is 415 g/mol. The number of carbonyl (C=O) groups excluding carboxylic acids is 3. The zero-order chi connectivity index (χ0) is 22.0. The lowest BCUT2D eigenvalue weighted by Crippen LogP contribution is -2.28. The molecule has 1 aliphatic rings. The van der Waals surface area contributed by atoms with Crippen LogP contribution in [-0.2, 0) is 14.4 Å². The Kier molecular flexibility index (Phi) is 5.71. The molecule has 1 atom stereocenters. The van der Waals surface area contributed by atoms with Crippen LogP contribution in [-0.4, -0.2) is 24.3 Å². The van der Waals surface area contributed by atoms with Crippen LogP contribution < -0.4 is 15.5 Å². The number of carbonyl (C=O) groups is 3. The van der Waals surface area contributed by atoms with Crippen molar-refractivity contribution in [2.24, 2.45) is 11.8 Å². The first kappa shape index (κ1) is 20.6. The summed E-state index contributed by atoms with van der Waals surface area (Å²) in [5.41, 5.74) is 2.14. The summed E-state index contributed by atoms with van der Waals surface area (Å²) in [6.07, 6.45) is 0.178. The number of hydrogen-bond acceptors (Lipinski definition) is 3. The maximum absolute atomic E-state index is 12.8. The number of benzene rings is 3. The minimum absolute atomic E-state index is 0.0525. The van der Waals surface area contributed by atoms with Crippen LogP contribution in [0.2, 0.25) is 0 Å². The number of nitrogens with one attached hydrogen (secondary N) is 2. The Hall–Kier alpha value is -3.67. The number of fused-ring (bicyclic) bond motifs is 1. The molecule has 6 heteroatoms. The number of nitrogens with zero attached hydrogens (tertiary/aromatic N) is 1. The van der Waals surface area contributed by atoms with E-state index in [9.17, 15) is 14.4 Å². The highest BCUT2D eigenvalue weighted by Gasteiger charge is 2.35. The Morgan fingerprint density at radius 2 is 1.55 bits per heavy atom. The first-order chi connectivity index (χ1) is 14.9. The minimum atomic E-state index is -0.424. The van der Waals surface area contributed by atoms with Crippen molar-refractivity contribution in [3.05, 3.63) is 66.7 Å². The van der Waals surface area contributed by atoms with Gasteiger partial charge in [-0.3, -0.25) is 14.4 Å². The van der Waals surface area contributed by atoms with E-state index >= 15 is 0 Å². The maximum Gasteiger partial charge on any atom is 0.229 e. The molecule has 3 aromatic carbocycles. The number of anilines is 3. The summed E-state index contributed by atoms with van der Waals surface area (Å²) < 4.78 is 0. The van der Waals surface area contributed by atoms with E-state index in [2.05, 4.69) is 10.6 Å². The van der Waals surface area contributed by atoms with Gasteiger partial charge in [0, 0.05) is 35.6 Å². The van der Waals surface area contributed by atoms with E-state index in [1.54, 1.807) is 29.2 Å². The number of amides is 3. The Balaban J connectivity index is 1.43. The Labute approximate surface area is 181 Å². The van der Waals surface area contributed by atoms with E-state index in [0.29, 0.717) is 17.9 Å². The molecule has 0 bridgehead atoms. The second-order valence-electron chi connectivity index (χ2n) is 8.11. The van der Waals surface area contributed by atoms with Gasteiger partial charge in [-0.15, -0.1) is 0 Å². The van der Waals surface area contributed by atoms with Crippen LogP contribution in [0.1, 0.15) is 20.3 Å². The van der Waals surface area contributed by atoms with Gasteiger partial charge in [0.25, 0.3) is 0 Å². The van der Waals surface area contributed by atoms with Crippen LogP contribution >= 0.6 is 0 Å². The quantitative estimate of drug-likeness (QED) is 0.647. The van der Waals surface area contributed by atoms with Crippen LogP contribution in [0.4, 0.5) is 17.1 Å². The largest absolute Gasteiger partial charge is 0.326 e. The molecular formula is C25H25N3O3. The summed E-state index contributed by atoms with van der Waals surface area (Å²) in [5.74, 6) is -0.830. The second-order valence-corrected chi connectivity index (χ2v) is 8.11. The van der Waals surface area contributed by atoms with Crippen molar-refractivity contribution >= 4 is 45.6 Å². The zero-order valence-corrected chi connectivity index (χ0v) is 17.6. The van der Waals surface area contributed by atoms with Crippen LogP contribution in [0.5, 0.6) is 0 Å². The molecule has 0 unspecified atom stereocenters. The van der Waals surface area contributed by atoms with E-state index in [-0.39, 0.29) is 30.1 Å². The summed E-state index contributed by atoms with van der Waals surface area (Å²) in [4.78, 5) is 39.0. The van der Waals surface area contributed by atoms with Gasteiger partial charge in [-0.25, -0.2) is 0 Å². The molecule has 0 saturated carbocycles. The second kappa shape index (κ2) is 8.60. The third-order valence-corrected chi connectivity index (χ3v) is 5.50. The summed E-state index contributed by atoms with van der Waals surface area (Å²) in [6, 6.07) is 20.8. The summed E-state index contributed by atoms with van der Waals surface area (Å²) in [5, 5.41) is 7.76. The SMILES string of the molecule is CC(C)C(=O)Nc1ccc(NC(=O)[C@H]2CC(=O)N(c3cccc4ccccc34)C2)cc1. The third-order valence-electron chi connectivity index (χ3n) is 5.50. The first-order valence-corrected chi connectivity index (χ1v) is 10.4. The molecule has 0 aliphatic carbocycles. The van der Waals surface area contributed by atoms with E-state index in [1.807, 2.05) is 56.3 Å². The Morgan fingerprint density at radius 3 is 2.26 bits per heavy atom. The van der Waals surface area contributed by atoms with Gasteiger partial charge in [0.2, 0.25) is 17.7 Å². The van der Waals surface area contributed by atoms with Crippen molar-refractivity contribution in [2.45, 2.75) is 20.3 Å². The van der Waals surface area contributed by atoms with Crippen molar-refractivity contribution in [3.8, 4) is 0 Å². The monoisotopic (exact) mass is 415 g/mol. The molecule has 1 heterocycles. The Bertz CT molecular complexity index is 1130. The highest BCUT2D eigenvalue weighted by molar-refractivity contribution is 6.08. The molecule has 0 spiro atoms. The van der Waals surface area contributed by atoms with Gasteiger partial charge in [0.05, 0.1) is 11.6 Å². The van der Waals surface area contributed by atoms with E-state index in [0.717, 1.165) is 16.5 Å². The summed E-state index contributed by atoms with van der Waals surface area (Å²) in [6.45, 7) is 4.00. The summed E-state index contributed by atoms with van der Waals surface area (Å²) >= 11 is 0. The molecule has 31 heavy (non-hydrogen) atoms. The van der Waals surface area contributed by atoms with Crippen LogP contribution in [0, 0.1) is 11.8 Å². The molecule has 3 aromatic rings. The fraction of sp³-hybridized carbons (Fsp3) is 0.240. The lowest BCUT2D eigenvalue weighted by Gasteiger charge is -2.19. The number of rotatable bonds is 5. The molecule has 0 radical (unpaired) electrons. The van der Waals surface area contributed by atoms with Gasteiger partial charge in [0.15, 0.2) is 0 Å². The fourth-order valence-electron chi connectivity index (χ4n) is 3.73. The smallest absolute Gasteiger partial charge is 0.229 e. The van der Waals surface area contributed by atoms with Gasteiger partial charge >= 0.3 is 0 Å². The van der Waals surface area contributed by atoms with Crippen LogP contribution in [0.15, 0.2) is 66.7 Å². The van der Waals surface area contributed by atoms with Gasteiger partial charge in [0.1, 0.15) is 0 Å².